The lowest BCUT2D eigenvalue weighted by Gasteiger charge is -2.03. The van der Waals surface area contributed by atoms with E-state index in [1.54, 1.807) is 36.4 Å². The van der Waals surface area contributed by atoms with Crippen molar-refractivity contribution in [1.29, 1.82) is 0 Å². The van der Waals surface area contributed by atoms with Gasteiger partial charge >= 0.3 is 6.01 Å². The number of nitrogens with one attached hydrogen (secondary N) is 1. The van der Waals surface area contributed by atoms with Gasteiger partial charge in [-0.2, -0.15) is 0 Å². The summed E-state index contributed by atoms with van der Waals surface area (Å²) in [5, 5.41) is 10.4. The number of hydrogen-bond donors (Lipinski definition) is 1. The normalized spacial score (nSPS) is 13.6. The van der Waals surface area contributed by atoms with Crippen molar-refractivity contribution in [3.8, 4) is 34.5 Å². The molecule has 2 aliphatic rings. The van der Waals surface area contributed by atoms with Gasteiger partial charge in [0.05, 0.1) is 6.42 Å². The van der Waals surface area contributed by atoms with E-state index in [0.717, 1.165) is 5.56 Å². The van der Waals surface area contributed by atoms with E-state index >= 15 is 0 Å². The van der Waals surface area contributed by atoms with Crippen molar-refractivity contribution in [2.75, 3.05) is 18.9 Å². The lowest BCUT2D eigenvalue weighted by molar-refractivity contribution is -0.115. The molecule has 3 heterocycles. The second-order valence-corrected chi connectivity index (χ2v) is 5.89. The fourth-order valence-corrected chi connectivity index (χ4v) is 2.82. The summed E-state index contributed by atoms with van der Waals surface area (Å²) in [5.41, 5.74) is 1.45. The zero-order valence-electron chi connectivity index (χ0n) is 13.9. The van der Waals surface area contributed by atoms with E-state index in [2.05, 4.69) is 15.5 Å². The molecule has 136 valence electrons. The number of carbonyl (C=O) groups excluding carboxylic acids is 1. The fourth-order valence-electron chi connectivity index (χ4n) is 2.82. The van der Waals surface area contributed by atoms with Crippen LogP contribution in [0, 0.1) is 0 Å². The minimum atomic E-state index is -0.283. The van der Waals surface area contributed by atoms with Crippen LogP contribution in [-0.2, 0) is 11.2 Å². The summed E-state index contributed by atoms with van der Waals surface area (Å²) in [4.78, 5) is 12.2. The topological polar surface area (TPSA) is 105 Å². The molecule has 1 aromatic heterocycles. The molecule has 0 saturated carbocycles. The molecule has 0 saturated heterocycles. The molecule has 5 rings (SSSR count). The van der Waals surface area contributed by atoms with E-state index in [-0.39, 0.29) is 37.8 Å². The van der Waals surface area contributed by atoms with E-state index in [1.807, 2.05) is 0 Å². The Labute approximate surface area is 152 Å². The molecule has 2 aliphatic heterocycles. The zero-order chi connectivity index (χ0) is 18.2. The minimum absolute atomic E-state index is 0.0217. The van der Waals surface area contributed by atoms with Crippen molar-refractivity contribution in [2.24, 2.45) is 0 Å². The summed E-state index contributed by atoms with van der Waals surface area (Å²) in [5.74, 6) is 2.56. The number of benzene rings is 2. The largest absolute Gasteiger partial charge is 0.454 e. The van der Waals surface area contributed by atoms with Crippen molar-refractivity contribution in [2.45, 2.75) is 6.42 Å². The summed E-state index contributed by atoms with van der Waals surface area (Å²) in [6.45, 7) is 0.374. The highest BCUT2D eigenvalue weighted by Gasteiger charge is 2.18. The van der Waals surface area contributed by atoms with E-state index in [9.17, 15) is 4.79 Å². The third kappa shape index (κ3) is 2.99. The first-order valence-corrected chi connectivity index (χ1v) is 8.16. The van der Waals surface area contributed by atoms with Crippen LogP contribution in [0.3, 0.4) is 0 Å². The Morgan fingerprint density at radius 3 is 2.41 bits per heavy atom. The molecule has 27 heavy (non-hydrogen) atoms. The van der Waals surface area contributed by atoms with E-state index in [1.165, 1.54) is 0 Å². The summed E-state index contributed by atoms with van der Waals surface area (Å²) < 4.78 is 26.7. The summed E-state index contributed by atoms with van der Waals surface area (Å²) in [6.07, 6.45) is 0.137. The van der Waals surface area contributed by atoms with Gasteiger partial charge in [-0.25, -0.2) is 0 Å². The first-order valence-electron chi connectivity index (χ1n) is 8.16. The summed E-state index contributed by atoms with van der Waals surface area (Å²) in [6, 6.07) is 10.7. The number of hydrogen-bond acceptors (Lipinski definition) is 8. The molecule has 3 aromatic rings. The van der Waals surface area contributed by atoms with Crippen LogP contribution in [0.5, 0.6) is 23.0 Å². The first kappa shape index (κ1) is 15.5. The van der Waals surface area contributed by atoms with Crippen molar-refractivity contribution < 1.29 is 28.2 Å². The molecule has 1 amide bonds. The quantitative estimate of drug-likeness (QED) is 0.749. The lowest BCUT2D eigenvalue weighted by atomic mass is 10.1. The smallest absolute Gasteiger partial charge is 0.322 e. The molecule has 0 bridgehead atoms. The third-order valence-corrected chi connectivity index (χ3v) is 4.09. The molecule has 0 radical (unpaired) electrons. The Hall–Kier alpha value is -3.75. The minimum Gasteiger partial charge on any atom is -0.454 e. The van der Waals surface area contributed by atoms with E-state index in [0.29, 0.717) is 28.6 Å². The van der Waals surface area contributed by atoms with Crippen LogP contribution in [0.15, 0.2) is 40.8 Å². The molecule has 0 unspecified atom stereocenters. The van der Waals surface area contributed by atoms with Gasteiger partial charge in [0.1, 0.15) is 0 Å². The van der Waals surface area contributed by atoms with Gasteiger partial charge in [-0.05, 0) is 35.9 Å². The van der Waals surface area contributed by atoms with Crippen LogP contribution in [0.1, 0.15) is 5.56 Å². The molecule has 1 N–H and O–H groups in total. The molecule has 0 atom stereocenters. The number of amides is 1. The highest BCUT2D eigenvalue weighted by molar-refractivity contribution is 5.90. The number of carbonyl (C=O) groups is 1. The van der Waals surface area contributed by atoms with Gasteiger partial charge in [-0.15, -0.1) is 5.10 Å². The maximum atomic E-state index is 12.2. The number of aromatic nitrogens is 2. The maximum Gasteiger partial charge on any atom is 0.322 e. The third-order valence-electron chi connectivity index (χ3n) is 4.09. The fraction of sp³-hybridized carbons (Fsp3) is 0.167. The van der Waals surface area contributed by atoms with Crippen LogP contribution in [0.2, 0.25) is 0 Å². The number of nitrogens with zero attached hydrogens (tertiary/aromatic N) is 2. The zero-order valence-corrected chi connectivity index (χ0v) is 13.9. The molecule has 0 aliphatic carbocycles. The first-order chi connectivity index (χ1) is 13.2. The number of fused-ring (bicyclic) bond motifs is 2. The van der Waals surface area contributed by atoms with Gasteiger partial charge in [-0.3, -0.25) is 10.1 Å². The van der Waals surface area contributed by atoms with E-state index < -0.39 is 0 Å². The molecule has 2 aromatic carbocycles. The lowest BCUT2D eigenvalue weighted by Crippen LogP contribution is -2.14. The average molecular weight is 367 g/mol. The second-order valence-electron chi connectivity index (χ2n) is 5.89. The Morgan fingerprint density at radius 2 is 1.59 bits per heavy atom. The molecular weight excluding hydrogens is 354 g/mol. The number of rotatable bonds is 4. The molecule has 9 heteroatoms. The Balaban J connectivity index is 1.27. The molecule has 9 nitrogen and oxygen atoms in total. The van der Waals surface area contributed by atoms with Gasteiger partial charge in [-0.1, -0.05) is 11.2 Å². The van der Waals surface area contributed by atoms with Crippen LogP contribution >= 0.6 is 0 Å². The SMILES string of the molecule is O=C(Cc1ccc2c(c1)OCO2)Nc1nnc(-c2ccc3c(c2)OCO3)o1. The Morgan fingerprint density at radius 1 is 0.889 bits per heavy atom. The predicted molar refractivity (Wildman–Crippen MR) is 90.8 cm³/mol. The van der Waals surface area contributed by atoms with E-state index in [4.69, 9.17) is 23.4 Å². The molecular formula is C18H13N3O6. The highest BCUT2D eigenvalue weighted by Crippen LogP contribution is 2.36. The van der Waals surface area contributed by atoms with Crippen molar-refractivity contribution in [1.82, 2.24) is 10.2 Å². The van der Waals surface area contributed by atoms with Gasteiger partial charge in [0.15, 0.2) is 23.0 Å². The van der Waals surface area contributed by atoms with Crippen LogP contribution in [-0.4, -0.2) is 29.7 Å². The van der Waals surface area contributed by atoms with Crippen molar-refractivity contribution >= 4 is 11.9 Å². The maximum absolute atomic E-state index is 12.2. The van der Waals surface area contributed by atoms with Crippen molar-refractivity contribution in [3.05, 3.63) is 42.0 Å². The average Bonchev–Trinajstić information content (AvgIpc) is 3.40. The standard InChI is InChI=1S/C18H13N3O6/c22-16(6-10-1-3-12-14(5-10)25-8-23-12)19-18-21-20-17(27-18)11-2-4-13-15(7-11)26-9-24-13/h1-5,7H,6,8-9H2,(H,19,21,22). The monoisotopic (exact) mass is 367 g/mol. The molecule has 0 fully saturated rings. The van der Waals surface area contributed by atoms with Gasteiger partial charge < -0.3 is 23.4 Å². The summed E-state index contributed by atoms with van der Waals surface area (Å²) >= 11 is 0. The number of anilines is 1. The second kappa shape index (κ2) is 6.20. The predicted octanol–water partition coefficient (Wildman–Crippen LogP) is 2.38. The number of ether oxygens (including phenoxy) is 4. The van der Waals surface area contributed by atoms with Crippen molar-refractivity contribution in [3.63, 3.8) is 0 Å². The van der Waals surface area contributed by atoms with Crippen LogP contribution < -0.4 is 24.3 Å². The van der Waals surface area contributed by atoms with Gasteiger partial charge in [0.25, 0.3) is 0 Å². The van der Waals surface area contributed by atoms with Gasteiger partial charge in [0.2, 0.25) is 25.4 Å². The highest BCUT2D eigenvalue weighted by atomic mass is 16.7. The Kier molecular flexibility index (Phi) is 3.56. The molecule has 0 spiro atoms. The van der Waals surface area contributed by atoms with Gasteiger partial charge in [0, 0.05) is 5.56 Å². The van der Waals surface area contributed by atoms with Crippen LogP contribution in [0.25, 0.3) is 11.5 Å². The van der Waals surface area contributed by atoms with Crippen LogP contribution in [0.4, 0.5) is 6.01 Å². The Bertz CT molecular complexity index is 1030. The summed E-state index contributed by atoms with van der Waals surface area (Å²) in [7, 11) is 0.